The standard InChI is InChI=1S/C16H19ClN4O5S2/c17-12-5-6-13(27-12)28(23,24)21-7-1-3-10(9-21)14(22)18-16-20-19-15(26-16)11-4-2-8-25-11/h5-6,10-11H,1-4,7-9H2,(H,18,20,22)/t10-,11-/m0/s1. The number of thiophene rings is 1. The summed E-state index contributed by atoms with van der Waals surface area (Å²) in [6, 6.07) is 3.03. The average molecular weight is 447 g/mol. The molecular formula is C16H19ClN4O5S2. The molecule has 9 nitrogen and oxygen atoms in total. The van der Waals surface area contributed by atoms with E-state index >= 15 is 0 Å². The van der Waals surface area contributed by atoms with Gasteiger partial charge in [-0.15, -0.1) is 16.4 Å². The molecule has 2 aromatic heterocycles. The van der Waals surface area contributed by atoms with Crippen LogP contribution in [0.1, 0.15) is 37.7 Å². The Morgan fingerprint density at radius 2 is 2.14 bits per heavy atom. The third-order valence-electron chi connectivity index (χ3n) is 4.77. The van der Waals surface area contributed by atoms with Crippen molar-refractivity contribution >= 4 is 44.9 Å². The second-order valence-electron chi connectivity index (χ2n) is 6.70. The molecule has 1 amide bonds. The van der Waals surface area contributed by atoms with Crippen LogP contribution in [-0.2, 0) is 19.6 Å². The third-order valence-corrected chi connectivity index (χ3v) is 8.34. The number of halogens is 1. The zero-order valence-corrected chi connectivity index (χ0v) is 17.2. The highest BCUT2D eigenvalue weighted by molar-refractivity contribution is 7.91. The Morgan fingerprint density at radius 1 is 1.29 bits per heavy atom. The van der Waals surface area contributed by atoms with Crippen molar-refractivity contribution in [3.8, 4) is 0 Å². The Labute approximate surface area is 171 Å². The van der Waals surface area contributed by atoms with Gasteiger partial charge < -0.3 is 9.15 Å². The molecule has 0 aromatic carbocycles. The number of ether oxygens (including phenoxy) is 1. The van der Waals surface area contributed by atoms with Crippen LogP contribution >= 0.6 is 22.9 Å². The van der Waals surface area contributed by atoms with E-state index in [9.17, 15) is 13.2 Å². The van der Waals surface area contributed by atoms with Crippen LogP contribution in [-0.4, -0.2) is 48.5 Å². The van der Waals surface area contributed by atoms with Gasteiger partial charge in [0.2, 0.25) is 11.8 Å². The van der Waals surface area contributed by atoms with E-state index < -0.39 is 15.9 Å². The molecule has 0 bridgehead atoms. The molecule has 2 aliphatic rings. The molecule has 0 unspecified atom stereocenters. The maximum Gasteiger partial charge on any atom is 0.322 e. The number of nitrogens with one attached hydrogen (secondary N) is 1. The summed E-state index contributed by atoms with van der Waals surface area (Å²) in [6.07, 6.45) is 2.66. The highest BCUT2D eigenvalue weighted by atomic mass is 35.5. The van der Waals surface area contributed by atoms with Crippen molar-refractivity contribution in [1.82, 2.24) is 14.5 Å². The summed E-state index contributed by atoms with van der Waals surface area (Å²) < 4.78 is 38.4. The van der Waals surface area contributed by atoms with Gasteiger partial charge in [0, 0.05) is 19.7 Å². The molecule has 4 rings (SSSR count). The lowest BCUT2D eigenvalue weighted by Gasteiger charge is -2.30. The Hall–Kier alpha value is -1.53. The van der Waals surface area contributed by atoms with Crippen molar-refractivity contribution in [2.24, 2.45) is 5.92 Å². The molecule has 28 heavy (non-hydrogen) atoms. The minimum atomic E-state index is -3.67. The number of carbonyl (C=O) groups is 1. The zero-order chi connectivity index (χ0) is 19.7. The van der Waals surface area contributed by atoms with Gasteiger partial charge in [0.05, 0.1) is 10.3 Å². The second-order valence-corrected chi connectivity index (χ2v) is 10.6. The number of hydrogen-bond donors (Lipinski definition) is 1. The fourth-order valence-electron chi connectivity index (χ4n) is 3.33. The summed E-state index contributed by atoms with van der Waals surface area (Å²) in [7, 11) is -3.67. The number of carbonyl (C=O) groups excluding carboxylic acids is 1. The van der Waals surface area contributed by atoms with E-state index in [0.29, 0.717) is 36.2 Å². The van der Waals surface area contributed by atoms with E-state index in [2.05, 4.69) is 15.5 Å². The fraction of sp³-hybridized carbons (Fsp3) is 0.562. The van der Waals surface area contributed by atoms with E-state index in [1.54, 1.807) is 6.07 Å². The Balaban J connectivity index is 1.41. The third kappa shape index (κ3) is 4.08. The minimum Gasteiger partial charge on any atom is -0.405 e. The van der Waals surface area contributed by atoms with Gasteiger partial charge in [-0.05, 0) is 37.8 Å². The van der Waals surface area contributed by atoms with Crippen LogP contribution in [0.2, 0.25) is 4.34 Å². The van der Waals surface area contributed by atoms with Crippen molar-refractivity contribution in [2.45, 2.75) is 36.0 Å². The molecule has 4 heterocycles. The van der Waals surface area contributed by atoms with Gasteiger partial charge in [-0.25, -0.2) is 8.42 Å². The smallest absolute Gasteiger partial charge is 0.322 e. The SMILES string of the molecule is O=C(Nc1nnc([C@@H]2CCCO2)o1)[C@H]1CCCN(S(=O)(=O)c2ccc(Cl)s2)C1. The number of rotatable bonds is 5. The Kier molecular flexibility index (Phi) is 5.70. The Morgan fingerprint density at radius 3 is 2.86 bits per heavy atom. The molecule has 2 aliphatic heterocycles. The van der Waals surface area contributed by atoms with Crippen LogP contribution in [0.5, 0.6) is 0 Å². The molecule has 2 aromatic rings. The van der Waals surface area contributed by atoms with Crippen molar-refractivity contribution in [3.05, 3.63) is 22.4 Å². The normalized spacial score (nSPS) is 23.8. The molecule has 2 saturated heterocycles. The van der Waals surface area contributed by atoms with Crippen LogP contribution in [0.15, 0.2) is 20.8 Å². The summed E-state index contributed by atoms with van der Waals surface area (Å²) in [4.78, 5) is 12.6. The first-order valence-corrected chi connectivity index (χ1v) is 11.6. The van der Waals surface area contributed by atoms with Gasteiger partial charge in [0.25, 0.3) is 10.0 Å². The quantitative estimate of drug-likeness (QED) is 0.750. The lowest BCUT2D eigenvalue weighted by molar-refractivity contribution is -0.121. The van der Waals surface area contributed by atoms with Crippen molar-refractivity contribution in [3.63, 3.8) is 0 Å². The Bertz CT molecular complexity index is 954. The highest BCUT2D eigenvalue weighted by Gasteiger charge is 2.34. The van der Waals surface area contributed by atoms with Gasteiger partial charge >= 0.3 is 6.01 Å². The van der Waals surface area contributed by atoms with Gasteiger partial charge in [-0.2, -0.15) is 4.31 Å². The van der Waals surface area contributed by atoms with E-state index in [-0.39, 0.29) is 28.8 Å². The van der Waals surface area contributed by atoms with Crippen molar-refractivity contribution in [1.29, 1.82) is 0 Å². The van der Waals surface area contributed by atoms with E-state index in [1.165, 1.54) is 10.4 Å². The number of aromatic nitrogens is 2. The highest BCUT2D eigenvalue weighted by Crippen LogP contribution is 2.31. The molecule has 0 spiro atoms. The summed E-state index contributed by atoms with van der Waals surface area (Å²) in [6.45, 7) is 1.11. The molecular weight excluding hydrogens is 428 g/mol. The topological polar surface area (TPSA) is 115 Å². The van der Waals surface area contributed by atoms with Crippen LogP contribution in [0.25, 0.3) is 0 Å². The number of sulfonamides is 1. The number of piperidine rings is 1. The number of hydrogen-bond acceptors (Lipinski definition) is 8. The van der Waals surface area contributed by atoms with Crippen molar-refractivity contribution < 1.29 is 22.4 Å². The van der Waals surface area contributed by atoms with Crippen LogP contribution in [0, 0.1) is 5.92 Å². The van der Waals surface area contributed by atoms with Gasteiger partial charge in [-0.3, -0.25) is 10.1 Å². The van der Waals surface area contributed by atoms with E-state index in [1.807, 2.05) is 0 Å². The predicted octanol–water partition coefficient (Wildman–Crippen LogP) is 2.68. The maximum absolute atomic E-state index is 12.8. The van der Waals surface area contributed by atoms with E-state index in [4.69, 9.17) is 20.8 Å². The zero-order valence-electron chi connectivity index (χ0n) is 14.8. The first-order chi connectivity index (χ1) is 13.4. The number of amides is 1. The predicted molar refractivity (Wildman–Crippen MR) is 102 cm³/mol. The second kappa shape index (κ2) is 8.07. The van der Waals surface area contributed by atoms with Gasteiger partial charge in [0.1, 0.15) is 10.3 Å². The molecule has 2 fully saturated rings. The number of nitrogens with zero attached hydrogens (tertiary/aromatic N) is 3. The van der Waals surface area contributed by atoms with Crippen molar-refractivity contribution in [2.75, 3.05) is 25.0 Å². The number of anilines is 1. The lowest BCUT2D eigenvalue weighted by Crippen LogP contribution is -2.43. The monoisotopic (exact) mass is 446 g/mol. The minimum absolute atomic E-state index is 0.000481. The summed E-state index contributed by atoms with van der Waals surface area (Å²) in [5.41, 5.74) is 0. The molecule has 0 aliphatic carbocycles. The summed E-state index contributed by atoms with van der Waals surface area (Å²) in [5, 5.41) is 10.4. The van der Waals surface area contributed by atoms with Gasteiger partial charge in [0.15, 0.2) is 0 Å². The molecule has 12 heteroatoms. The molecule has 1 N–H and O–H groups in total. The molecule has 2 atom stereocenters. The van der Waals surface area contributed by atoms with Crippen LogP contribution in [0.3, 0.4) is 0 Å². The van der Waals surface area contributed by atoms with E-state index in [0.717, 1.165) is 24.2 Å². The van der Waals surface area contributed by atoms with Crippen LogP contribution in [0.4, 0.5) is 6.01 Å². The fourth-order valence-corrected chi connectivity index (χ4v) is 6.49. The molecule has 0 saturated carbocycles. The first kappa shape index (κ1) is 19.8. The maximum atomic E-state index is 12.8. The average Bonchev–Trinajstić information content (AvgIpc) is 3.43. The van der Waals surface area contributed by atoms with Crippen LogP contribution < -0.4 is 5.32 Å². The molecule has 0 radical (unpaired) electrons. The largest absolute Gasteiger partial charge is 0.405 e. The molecule has 152 valence electrons. The lowest BCUT2D eigenvalue weighted by atomic mass is 9.99. The summed E-state index contributed by atoms with van der Waals surface area (Å²) >= 11 is 6.87. The first-order valence-electron chi connectivity index (χ1n) is 8.95. The summed E-state index contributed by atoms with van der Waals surface area (Å²) in [5.74, 6) is -0.501. The van der Waals surface area contributed by atoms with Gasteiger partial charge in [-0.1, -0.05) is 16.7 Å².